The minimum atomic E-state index is -0.517. The van der Waals surface area contributed by atoms with Gasteiger partial charge in [0.1, 0.15) is 0 Å². The lowest BCUT2D eigenvalue weighted by atomic mass is 10.1. The van der Waals surface area contributed by atoms with E-state index in [1.807, 2.05) is 11.8 Å². The average molecular weight is 233 g/mol. The second-order valence-electron chi connectivity index (χ2n) is 4.39. The number of rotatable bonds is 4. The van der Waals surface area contributed by atoms with E-state index in [9.17, 15) is 4.21 Å². The van der Waals surface area contributed by atoms with Gasteiger partial charge in [0, 0.05) is 39.6 Å². The van der Waals surface area contributed by atoms with Gasteiger partial charge in [-0.1, -0.05) is 0 Å². The monoisotopic (exact) mass is 233 g/mol. The van der Waals surface area contributed by atoms with Gasteiger partial charge in [-0.3, -0.25) is 4.21 Å². The van der Waals surface area contributed by atoms with E-state index in [0.29, 0.717) is 10.8 Å². The van der Waals surface area contributed by atoms with Gasteiger partial charge in [-0.2, -0.15) is 11.8 Å². The molecule has 1 aliphatic heterocycles. The molecule has 0 bridgehead atoms. The molecule has 2 aliphatic rings. The maximum absolute atomic E-state index is 11.2. The molecular weight excluding hydrogens is 214 g/mol. The van der Waals surface area contributed by atoms with Gasteiger partial charge in [-0.15, -0.1) is 0 Å². The Bertz CT molecular complexity index is 218. The third-order valence-corrected chi connectivity index (χ3v) is 6.14. The average Bonchev–Trinajstić information content (AvgIpc) is 2.98. The minimum Gasteiger partial charge on any atom is -0.313 e. The van der Waals surface area contributed by atoms with Gasteiger partial charge in [0.2, 0.25) is 0 Å². The summed E-state index contributed by atoms with van der Waals surface area (Å²) in [7, 11) is -0.517. The lowest BCUT2D eigenvalue weighted by molar-refractivity contribution is 0.472. The van der Waals surface area contributed by atoms with E-state index in [4.69, 9.17) is 0 Å². The molecule has 0 unspecified atom stereocenters. The predicted octanol–water partition coefficient (Wildman–Crippen LogP) is 1.38. The van der Waals surface area contributed by atoms with Crippen molar-refractivity contribution >= 4 is 22.6 Å². The quantitative estimate of drug-likeness (QED) is 0.795. The highest BCUT2D eigenvalue weighted by molar-refractivity contribution is 8.00. The largest absolute Gasteiger partial charge is 0.313 e. The van der Waals surface area contributed by atoms with E-state index in [-0.39, 0.29) is 0 Å². The van der Waals surface area contributed by atoms with Crippen molar-refractivity contribution in [3.05, 3.63) is 0 Å². The summed E-state index contributed by atoms with van der Waals surface area (Å²) in [4.78, 5) is 0. The van der Waals surface area contributed by atoms with Crippen molar-refractivity contribution in [2.75, 3.05) is 24.3 Å². The van der Waals surface area contributed by atoms with Gasteiger partial charge in [-0.05, 0) is 31.9 Å². The van der Waals surface area contributed by atoms with Gasteiger partial charge in [0.15, 0.2) is 0 Å². The van der Waals surface area contributed by atoms with Gasteiger partial charge < -0.3 is 5.32 Å². The Kier molecular flexibility index (Phi) is 3.55. The molecule has 14 heavy (non-hydrogen) atoms. The Hall–Kier alpha value is 0.460. The maximum Gasteiger partial charge on any atom is 0.0282 e. The fraction of sp³-hybridized carbons (Fsp3) is 1.00. The molecule has 0 atom stereocenters. The second kappa shape index (κ2) is 4.54. The first-order chi connectivity index (χ1) is 6.74. The molecule has 0 amide bonds. The van der Waals surface area contributed by atoms with Crippen LogP contribution in [-0.2, 0) is 10.8 Å². The molecule has 1 heterocycles. The molecular formula is C10H19NOS2. The summed E-state index contributed by atoms with van der Waals surface area (Å²) in [5, 5.41) is 3.64. The van der Waals surface area contributed by atoms with Crippen LogP contribution in [0, 0.1) is 0 Å². The number of thioether (sulfide) groups is 1. The molecule has 2 nitrogen and oxygen atoms in total. The van der Waals surface area contributed by atoms with Gasteiger partial charge in [0.25, 0.3) is 0 Å². The van der Waals surface area contributed by atoms with E-state index >= 15 is 0 Å². The van der Waals surface area contributed by atoms with Crippen molar-refractivity contribution in [2.45, 2.75) is 36.5 Å². The van der Waals surface area contributed by atoms with E-state index in [2.05, 4.69) is 11.6 Å². The van der Waals surface area contributed by atoms with Crippen molar-refractivity contribution < 1.29 is 4.21 Å². The van der Waals surface area contributed by atoms with E-state index < -0.39 is 10.8 Å². The van der Waals surface area contributed by atoms with Crippen molar-refractivity contribution in [3.8, 4) is 0 Å². The summed E-state index contributed by atoms with van der Waals surface area (Å²) in [6.07, 6.45) is 7.18. The zero-order valence-electron chi connectivity index (χ0n) is 8.75. The highest BCUT2D eigenvalue weighted by Gasteiger charge is 2.41. The third kappa shape index (κ3) is 2.74. The molecule has 2 fully saturated rings. The van der Waals surface area contributed by atoms with Crippen molar-refractivity contribution in [1.29, 1.82) is 0 Å². The summed E-state index contributed by atoms with van der Waals surface area (Å²) < 4.78 is 11.7. The Morgan fingerprint density at radius 1 is 1.43 bits per heavy atom. The Labute approximate surface area is 93.1 Å². The summed E-state index contributed by atoms with van der Waals surface area (Å²) in [6.45, 7) is 1.16. The van der Waals surface area contributed by atoms with Gasteiger partial charge >= 0.3 is 0 Å². The van der Waals surface area contributed by atoms with Crippen LogP contribution in [0.3, 0.4) is 0 Å². The summed E-state index contributed by atoms with van der Waals surface area (Å²) in [5.41, 5.74) is 0. The molecule has 2 rings (SSSR count). The summed E-state index contributed by atoms with van der Waals surface area (Å²) >= 11 is 2.00. The molecule has 0 aromatic heterocycles. The topological polar surface area (TPSA) is 29.1 Å². The lowest BCUT2D eigenvalue weighted by Crippen LogP contribution is -2.39. The third-order valence-electron chi connectivity index (χ3n) is 3.34. The Morgan fingerprint density at radius 3 is 2.57 bits per heavy atom. The van der Waals surface area contributed by atoms with Crippen LogP contribution in [0.15, 0.2) is 0 Å². The predicted molar refractivity (Wildman–Crippen MR) is 64.4 cm³/mol. The molecule has 1 saturated carbocycles. The number of hydrogen-bond acceptors (Lipinski definition) is 3. The summed E-state index contributed by atoms with van der Waals surface area (Å²) in [5.74, 6) is 1.81. The number of nitrogens with one attached hydrogen (secondary N) is 1. The molecule has 0 aromatic rings. The minimum absolute atomic E-state index is 0.517. The highest BCUT2D eigenvalue weighted by Crippen LogP contribution is 2.46. The highest BCUT2D eigenvalue weighted by atomic mass is 32.2. The maximum atomic E-state index is 11.2. The van der Waals surface area contributed by atoms with Crippen LogP contribution in [0.4, 0.5) is 0 Å². The molecule has 1 aliphatic carbocycles. The smallest absolute Gasteiger partial charge is 0.0282 e. The Balaban J connectivity index is 1.68. The second-order valence-corrected chi connectivity index (χ2v) is 7.36. The zero-order valence-corrected chi connectivity index (χ0v) is 10.4. The first kappa shape index (κ1) is 11.0. The summed E-state index contributed by atoms with van der Waals surface area (Å²) in [6, 6.07) is 0.636. The fourth-order valence-electron chi connectivity index (χ4n) is 1.92. The molecule has 1 saturated heterocycles. The van der Waals surface area contributed by atoms with Crippen LogP contribution in [0.2, 0.25) is 0 Å². The van der Waals surface area contributed by atoms with Gasteiger partial charge in [0.05, 0.1) is 0 Å². The molecule has 4 heteroatoms. The van der Waals surface area contributed by atoms with Crippen molar-refractivity contribution in [2.24, 2.45) is 0 Å². The molecule has 0 aromatic carbocycles. The van der Waals surface area contributed by atoms with Crippen molar-refractivity contribution in [1.82, 2.24) is 5.32 Å². The van der Waals surface area contributed by atoms with Crippen LogP contribution in [-0.4, -0.2) is 39.3 Å². The first-order valence-corrected chi connectivity index (χ1v) is 8.09. The zero-order chi connectivity index (χ0) is 10.0. The Morgan fingerprint density at radius 2 is 2.07 bits per heavy atom. The molecule has 82 valence electrons. The SMILES string of the molecule is CSC1(CNC2CCS(=O)CC2)CC1. The first-order valence-electron chi connectivity index (χ1n) is 5.38. The van der Waals surface area contributed by atoms with Crippen LogP contribution < -0.4 is 5.32 Å². The molecule has 1 N–H and O–H groups in total. The van der Waals surface area contributed by atoms with E-state index in [1.54, 1.807) is 0 Å². The van der Waals surface area contributed by atoms with Crippen molar-refractivity contribution in [3.63, 3.8) is 0 Å². The standard InChI is InChI=1S/C10H19NOS2/c1-13-10(4-5-10)8-11-9-2-6-14(12)7-3-9/h9,11H,2-8H2,1H3. The van der Waals surface area contributed by atoms with E-state index in [1.165, 1.54) is 12.8 Å². The van der Waals surface area contributed by atoms with Crippen LogP contribution in [0.5, 0.6) is 0 Å². The lowest BCUT2D eigenvalue weighted by Gasteiger charge is -2.24. The van der Waals surface area contributed by atoms with E-state index in [0.717, 1.165) is 30.9 Å². The number of hydrogen-bond donors (Lipinski definition) is 1. The molecule has 0 spiro atoms. The van der Waals surface area contributed by atoms with Crippen LogP contribution in [0.1, 0.15) is 25.7 Å². The molecule has 0 radical (unpaired) electrons. The normalized spacial score (nSPS) is 35.5. The fourth-order valence-corrected chi connectivity index (χ4v) is 3.96. The van der Waals surface area contributed by atoms with Crippen LogP contribution >= 0.6 is 11.8 Å². The van der Waals surface area contributed by atoms with Gasteiger partial charge in [-0.25, -0.2) is 0 Å². The van der Waals surface area contributed by atoms with Crippen LogP contribution in [0.25, 0.3) is 0 Å².